The zero-order valence-corrected chi connectivity index (χ0v) is 44.8. The van der Waals surface area contributed by atoms with Crippen molar-refractivity contribution in [2.24, 2.45) is 11.7 Å². The Hall–Kier alpha value is -4.55. The number of unbranched alkanes of at least 4 members (excludes halogenated alkanes) is 1. The van der Waals surface area contributed by atoms with Crippen LogP contribution in [0, 0.1) is 36.8 Å². The Morgan fingerprint density at radius 3 is 2.07 bits per heavy atom. The summed E-state index contributed by atoms with van der Waals surface area (Å²) < 4.78 is 62.9. The molecular weight excluding hydrogens is 923 g/mol. The Morgan fingerprint density at radius 2 is 1.59 bits per heavy atom. The number of aryl methyl sites for hydroxylation is 2. The Bertz CT molecular complexity index is 2300. The minimum Gasteiger partial charge on any atom is -0.380 e. The molecule has 2 aromatic carbocycles. The zero-order valence-electron chi connectivity index (χ0n) is 43.9. The second-order valence-electron chi connectivity index (χ2n) is 18.4. The average Bonchev–Trinajstić information content (AvgIpc) is 3.26. The van der Waals surface area contributed by atoms with Gasteiger partial charge in [-0.1, -0.05) is 60.5 Å². The summed E-state index contributed by atoms with van der Waals surface area (Å²) in [6, 6.07) is 9.11. The van der Waals surface area contributed by atoms with E-state index in [1.54, 1.807) is 25.8 Å². The molecule has 392 valence electrons. The quantitative estimate of drug-likeness (QED) is 0.0184. The summed E-state index contributed by atoms with van der Waals surface area (Å²) in [7, 11) is 4.73. The number of pyridine rings is 1. The number of quaternary nitrogens is 1. The number of thiol groups is 1. The number of hydroxylamine groups is 2. The van der Waals surface area contributed by atoms with Gasteiger partial charge < -0.3 is 26.0 Å². The topological polar surface area (TPSA) is 173 Å². The first-order chi connectivity index (χ1) is 32.8. The molecule has 1 saturated carbocycles. The number of benzene rings is 2. The number of hydrogen-bond acceptors (Lipinski definition) is 10. The second-order valence-corrected chi connectivity index (χ2v) is 19.4. The fourth-order valence-electron chi connectivity index (χ4n) is 7.89. The van der Waals surface area contributed by atoms with Gasteiger partial charge in [-0.2, -0.15) is 0 Å². The van der Waals surface area contributed by atoms with Crippen LogP contribution in [0.1, 0.15) is 164 Å². The highest BCUT2D eigenvalue weighted by Gasteiger charge is 2.36. The minimum atomic E-state index is -2.68. The van der Waals surface area contributed by atoms with Crippen molar-refractivity contribution < 1.29 is 41.1 Å². The van der Waals surface area contributed by atoms with Crippen molar-refractivity contribution in [2.75, 3.05) is 34.3 Å². The highest BCUT2D eigenvalue weighted by atomic mass is 32.1. The first-order valence-corrected chi connectivity index (χ1v) is 24.8. The van der Waals surface area contributed by atoms with E-state index >= 15 is 0 Å². The summed E-state index contributed by atoms with van der Waals surface area (Å²) >= 11 is 3.62. The fourth-order valence-corrected chi connectivity index (χ4v) is 7.89. The van der Waals surface area contributed by atoms with Crippen molar-refractivity contribution in [1.82, 2.24) is 19.9 Å². The lowest BCUT2D eigenvalue weighted by Crippen LogP contribution is -2.31. The highest BCUT2D eigenvalue weighted by Crippen LogP contribution is 2.41. The van der Waals surface area contributed by atoms with Crippen LogP contribution >= 0.6 is 12.8 Å². The van der Waals surface area contributed by atoms with Gasteiger partial charge in [-0.05, 0) is 125 Å². The van der Waals surface area contributed by atoms with Crippen molar-refractivity contribution in [2.45, 2.75) is 164 Å². The van der Waals surface area contributed by atoms with Crippen molar-refractivity contribution in [3.63, 3.8) is 0 Å². The van der Waals surface area contributed by atoms with Gasteiger partial charge in [-0.3, -0.25) is 14.2 Å². The number of carbonyl (C=O) groups excluding carboxylic acids is 2. The van der Waals surface area contributed by atoms with Gasteiger partial charge in [-0.15, -0.1) is 4.05 Å². The number of aromatic nitrogens is 3. The largest absolute Gasteiger partial charge is 0.380 e. The van der Waals surface area contributed by atoms with Gasteiger partial charge in [0, 0.05) is 67.8 Å². The number of nitrogens with zero attached hydrogens (tertiary/aromatic N) is 4. The molecule has 2 unspecified atom stereocenters. The summed E-state index contributed by atoms with van der Waals surface area (Å²) in [5.41, 5.74) is 10.2. The van der Waals surface area contributed by atoms with Crippen LogP contribution in [0.5, 0.6) is 0 Å². The molecule has 1 aliphatic carbocycles. The summed E-state index contributed by atoms with van der Waals surface area (Å²) in [5.74, 6) is -4.24. The van der Waals surface area contributed by atoms with Gasteiger partial charge in [0.1, 0.15) is 37.8 Å². The number of aldehydes is 1. The third-order valence-electron chi connectivity index (χ3n) is 11.4. The number of hydrogen-bond donors (Lipinski definition) is 5. The molecule has 2 atom stereocenters. The molecule has 5 N–H and O–H groups in total. The maximum Gasteiger partial charge on any atom is 0.267 e. The average molecular weight is 1010 g/mol. The molecule has 0 spiro atoms. The summed E-state index contributed by atoms with van der Waals surface area (Å²) in [6.45, 7) is 20.5. The zero-order chi connectivity index (χ0) is 53.5. The maximum atomic E-state index is 14.8. The Balaban J connectivity index is 0.000000885. The summed E-state index contributed by atoms with van der Waals surface area (Å²) in [5, 5.41) is 20.4. The third kappa shape index (κ3) is 21.0. The molecule has 1 fully saturated rings. The van der Waals surface area contributed by atoms with Crippen LogP contribution < -0.4 is 16.6 Å². The van der Waals surface area contributed by atoms with Crippen molar-refractivity contribution in [1.29, 1.82) is 5.41 Å². The van der Waals surface area contributed by atoms with E-state index in [1.807, 2.05) is 73.6 Å². The van der Waals surface area contributed by atoms with E-state index in [2.05, 4.69) is 25.1 Å². The predicted octanol–water partition coefficient (Wildman–Crippen LogP) is 11.5. The number of amides is 1. The summed E-state index contributed by atoms with van der Waals surface area (Å²) in [6.07, 6.45) is 6.02. The van der Waals surface area contributed by atoms with Crippen molar-refractivity contribution in [3.8, 4) is 5.69 Å². The molecule has 4 aromatic rings. The highest BCUT2D eigenvalue weighted by molar-refractivity contribution is 7.74. The Morgan fingerprint density at radius 1 is 1.03 bits per heavy atom. The number of carbonyl (C=O) groups is 2. The molecular formula is C53H82F4N7O5S+. The number of fused-ring (bicyclic) bond motifs is 1. The molecule has 0 aliphatic heterocycles. The second kappa shape index (κ2) is 31.0. The lowest BCUT2D eigenvalue weighted by molar-refractivity contribution is -0.956. The van der Waals surface area contributed by atoms with E-state index in [0.29, 0.717) is 71.7 Å². The van der Waals surface area contributed by atoms with Gasteiger partial charge in [0.05, 0.1) is 30.0 Å². The van der Waals surface area contributed by atoms with Crippen LogP contribution in [-0.4, -0.2) is 88.0 Å². The van der Waals surface area contributed by atoms with Crippen LogP contribution in [0.4, 0.5) is 17.6 Å². The van der Waals surface area contributed by atoms with E-state index < -0.39 is 23.5 Å². The molecule has 1 aliphatic rings. The Kier molecular flexibility index (Phi) is 28.1. The van der Waals surface area contributed by atoms with Crippen LogP contribution in [0.2, 0.25) is 0 Å². The molecule has 12 nitrogen and oxygen atoms in total. The SMILES string of the molecule is CC=O.CCCC(=N)c1c(CC)ccc(-n2c(C(Cc3cc(F)cc(F)c3)C(C)C)nc3nc(C4CCC(F)(F)CC4)cc(C)c3c2=O)c1C.CCCCC(=O)NCC(C)OC.CCN.C[N+](C)(O)S. The van der Waals surface area contributed by atoms with E-state index in [1.165, 1.54) is 19.1 Å². The van der Waals surface area contributed by atoms with Crippen LogP contribution in [-0.2, 0) is 27.2 Å². The Labute approximate surface area is 419 Å². The standard InChI is InChI=1S/C38H44F4N4O.C9H19NO2.C2H8NOS.C2H7N.C2H4O/c1-7-9-30(43)34-23(6)32(11-10-25(34)8-2)46-36(29(21(3)4)19-24-17-27(39)20-28(40)18-24)45-35-33(37(46)47)22(5)16-31(44-35)26-12-14-38(41,42)15-13-26;1-4-5-6-9(11)10-7-8(2)12-3;1-3(2,4)5;2*1-2-3/h10-11,16-18,20-21,26,29,43H,7-9,12-15,19H2,1-6H3;8H,4-7H2,1-3H3,(H,10,11);4-5H,1-2H3;2-3H2,1H3;2H,1H3/q;;+1;;. The molecule has 0 bridgehead atoms. The summed E-state index contributed by atoms with van der Waals surface area (Å²) in [4.78, 5) is 44.5. The van der Waals surface area contributed by atoms with E-state index in [4.69, 9.17) is 35.8 Å². The maximum absolute atomic E-state index is 14.8. The van der Waals surface area contributed by atoms with Crippen molar-refractivity contribution >= 4 is 41.8 Å². The predicted molar refractivity (Wildman–Crippen MR) is 278 cm³/mol. The number of nitrogens with two attached hydrogens (primary N) is 1. The van der Waals surface area contributed by atoms with Gasteiger partial charge in [0.15, 0.2) is 5.65 Å². The number of alkyl halides is 2. The number of methoxy groups -OCH3 is 1. The molecule has 0 saturated heterocycles. The molecule has 0 radical (unpaired) electrons. The molecule has 1 amide bonds. The normalized spacial score (nSPS) is 14.1. The van der Waals surface area contributed by atoms with E-state index in [-0.39, 0.29) is 58.4 Å². The number of nitrogens with one attached hydrogen (secondary N) is 2. The van der Waals surface area contributed by atoms with Crippen molar-refractivity contribution in [3.05, 3.63) is 97.7 Å². The van der Waals surface area contributed by atoms with Gasteiger partial charge in [0.2, 0.25) is 11.8 Å². The third-order valence-corrected chi connectivity index (χ3v) is 11.4. The smallest absolute Gasteiger partial charge is 0.267 e. The van der Waals surface area contributed by atoms with Crippen LogP contribution in [0.3, 0.4) is 0 Å². The minimum absolute atomic E-state index is 0.102. The molecule has 5 rings (SSSR count). The number of halogens is 4. The van der Waals surface area contributed by atoms with Gasteiger partial charge in [-0.25, -0.2) is 32.7 Å². The van der Waals surface area contributed by atoms with E-state index in [0.717, 1.165) is 61.3 Å². The van der Waals surface area contributed by atoms with Gasteiger partial charge >= 0.3 is 0 Å². The fraction of sp³-hybridized carbons (Fsp3) is 0.585. The van der Waals surface area contributed by atoms with Gasteiger partial charge in [0.25, 0.3) is 5.56 Å². The van der Waals surface area contributed by atoms with Crippen LogP contribution in [0.15, 0.2) is 41.2 Å². The first-order valence-electron chi connectivity index (χ1n) is 24.4. The molecule has 2 heterocycles. The van der Waals surface area contributed by atoms with Crippen LogP contribution in [0.25, 0.3) is 16.7 Å². The van der Waals surface area contributed by atoms with E-state index in [9.17, 15) is 27.2 Å². The monoisotopic (exact) mass is 1000 g/mol. The molecule has 2 aromatic heterocycles. The first kappa shape index (κ1) is 63.5. The lowest BCUT2D eigenvalue weighted by atomic mass is 9.84. The lowest BCUT2D eigenvalue weighted by Gasteiger charge is -2.29. The number of ether oxygens (including phenoxy) is 1. The molecule has 17 heteroatoms. The number of rotatable bonds is 16. The molecule has 70 heavy (non-hydrogen) atoms.